The van der Waals surface area contributed by atoms with Crippen LogP contribution >= 0.6 is 11.3 Å². The van der Waals surface area contributed by atoms with E-state index < -0.39 is 5.97 Å². The van der Waals surface area contributed by atoms with Crippen molar-refractivity contribution in [1.82, 2.24) is 9.88 Å². The molecule has 6 heteroatoms. The van der Waals surface area contributed by atoms with E-state index >= 15 is 0 Å². The topological polar surface area (TPSA) is 70.5 Å². The third-order valence-corrected chi connectivity index (χ3v) is 4.34. The number of aryl methyl sites for hydroxylation is 1. The van der Waals surface area contributed by atoms with E-state index in [0.717, 1.165) is 16.1 Å². The van der Waals surface area contributed by atoms with Gasteiger partial charge in [-0.2, -0.15) is 0 Å². The van der Waals surface area contributed by atoms with E-state index in [2.05, 4.69) is 11.1 Å². The Labute approximate surface area is 139 Å². The maximum Gasteiger partial charge on any atom is 0.323 e. The minimum atomic E-state index is -1.01. The van der Waals surface area contributed by atoms with Gasteiger partial charge in [-0.3, -0.25) is 9.59 Å². The Hall–Kier alpha value is -2.21. The fourth-order valence-electron chi connectivity index (χ4n) is 2.26. The summed E-state index contributed by atoms with van der Waals surface area (Å²) >= 11 is 1.49. The molecule has 1 aromatic carbocycles. The van der Waals surface area contributed by atoms with Crippen molar-refractivity contribution < 1.29 is 14.7 Å². The SMILES string of the molecule is Cc1cccc(-c2nc(CC(=O)N(CC(=O)O)C(C)C)cs2)c1. The highest BCUT2D eigenvalue weighted by Crippen LogP contribution is 2.24. The lowest BCUT2D eigenvalue weighted by Gasteiger charge is -2.24. The molecular weight excluding hydrogens is 312 g/mol. The summed E-state index contributed by atoms with van der Waals surface area (Å²) < 4.78 is 0. The third kappa shape index (κ3) is 4.63. The van der Waals surface area contributed by atoms with E-state index in [1.807, 2.05) is 30.5 Å². The second-order valence-electron chi connectivity index (χ2n) is 5.70. The number of rotatable bonds is 6. The van der Waals surface area contributed by atoms with Gasteiger partial charge >= 0.3 is 5.97 Å². The van der Waals surface area contributed by atoms with Crippen molar-refractivity contribution in [3.8, 4) is 10.6 Å². The average Bonchev–Trinajstić information content (AvgIpc) is 2.92. The minimum absolute atomic E-state index is 0.119. The molecule has 1 heterocycles. The highest BCUT2D eigenvalue weighted by Gasteiger charge is 2.21. The average molecular weight is 332 g/mol. The van der Waals surface area contributed by atoms with Crippen LogP contribution in [0.15, 0.2) is 29.6 Å². The van der Waals surface area contributed by atoms with Crippen molar-refractivity contribution in [2.24, 2.45) is 0 Å². The predicted octanol–water partition coefficient (Wildman–Crippen LogP) is 2.98. The largest absolute Gasteiger partial charge is 0.480 e. The van der Waals surface area contributed by atoms with E-state index in [0.29, 0.717) is 5.69 Å². The number of aromatic nitrogens is 1. The van der Waals surface area contributed by atoms with E-state index in [4.69, 9.17) is 5.11 Å². The van der Waals surface area contributed by atoms with E-state index in [1.54, 1.807) is 13.8 Å². The minimum Gasteiger partial charge on any atom is -0.480 e. The molecule has 0 saturated carbocycles. The highest BCUT2D eigenvalue weighted by atomic mass is 32.1. The van der Waals surface area contributed by atoms with Crippen LogP contribution in [0, 0.1) is 6.92 Å². The molecule has 122 valence electrons. The standard InChI is InChI=1S/C17H20N2O3S/c1-11(2)19(9-16(21)22)15(20)8-14-10-23-17(18-14)13-6-4-5-12(3)7-13/h4-7,10-11H,8-9H2,1-3H3,(H,21,22). The number of benzene rings is 1. The van der Waals surface area contributed by atoms with Crippen molar-refractivity contribution >= 4 is 23.2 Å². The Morgan fingerprint density at radius 1 is 1.35 bits per heavy atom. The lowest BCUT2D eigenvalue weighted by atomic mass is 10.1. The van der Waals surface area contributed by atoms with Crippen LogP contribution in [-0.2, 0) is 16.0 Å². The summed E-state index contributed by atoms with van der Waals surface area (Å²) in [6.45, 7) is 5.35. The van der Waals surface area contributed by atoms with Crippen molar-refractivity contribution in [1.29, 1.82) is 0 Å². The number of carboxylic acid groups (broad SMARTS) is 1. The monoisotopic (exact) mass is 332 g/mol. The van der Waals surface area contributed by atoms with Crippen LogP contribution in [0.5, 0.6) is 0 Å². The molecule has 0 unspecified atom stereocenters. The van der Waals surface area contributed by atoms with Gasteiger partial charge in [-0.1, -0.05) is 23.8 Å². The zero-order valence-electron chi connectivity index (χ0n) is 13.4. The maximum atomic E-state index is 12.3. The smallest absolute Gasteiger partial charge is 0.323 e. The number of aliphatic carboxylic acids is 1. The molecule has 0 aliphatic rings. The van der Waals surface area contributed by atoms with Gasteiger partial charge in [0.2, 0.25) is 5.91 Å². The first-order valence-corrected chi connectivity index (χ1v) is 8.27. The molecule has 2 rings (SSSR count). The Morgan fingerprint density at radius 2 is 2.09 bits per heavy atom. The van der Waals surface area contributed by atoms with Crippen molar-refractivity contribution in [2.45, 2.75) is 33.2 Å². The molecule has 0 spiro atoms. The lowest BCUT2D eigenvalue weighted by Crippen LogP contribution is -2.41. The van der Waals surface area contributed by atoms with Crippen molar-refractivity contribution in [3.63, 3.8) is 0 Å². The van der Waals surface area contributed by atoms with Crippen LogP contribution in [0.2, 0.25) is 0 Å². The molecule has 1 N–H and O–H groups in total. The van der Waals surface area contributed by atoms with Gasteiger partial charge in [0.05, 0.1) is 12.1 Å². The highest BCUT2D eigenvalue weighted by molar-refractivity contribution is 7.13. The first-order chi connectivity index (χ1) is 10.9. The number of carboxylic acids is 1. The zero-order valence-corrected chi connectivity index (χ0v) is 14.3. The zero-order chi connectivity index (χ0) is 17.0. The molecule has 23 heavy (non-hydrogen) atoms. The quantitative estimate of drug-likeness (QED) is 0.883. The van der Waals surface area contributed by atoms with Crippen LogP contribution in [0.25, 0.3) is 10.6 Å². The fraction of sp³-hybridized carbons (Fsp3) is 0.353. The molecule has 1 amide bonds. The summed E-state index contributed by atoms with van der Waals surface area (Å²) in [6.07, 6.45) is 0.119. The van der Waals surface area contributed by atoms with Gasteiger partial charge in [0.15, 0.2) is 0 Å². The second-order valence-corrected chi connectivity index (χ2v) is 6.56. The molecule has 0 atom stereocenters. The van der Waals surface area contributed by atoms with Crippen LogP contribution in [-0.4, -0.2) is 39.5 Å². The Kier molecular flexibility index (Phi) is 5.50. The molecule has 5 nitrogen and oxygen atoms in total. The molecule has 0 aliphatic heterocycles. The lowest BCUT2D eigenvalue weighted by molar-refractivity contribution is -0.145. The first kappa shape index (κ1) is 17.1. The number of amides is 1. The molecule has 0 bridgehead atoms. The van der Waals surface area contributed by atoms with E-state index in [-0.39, 0.29) is 24.9 Å². The molecular formula is C17H20N2O3S. The van der Waals surface area contributed by atoms with Crippen LogP contribution in [0.4, 0.5) is 0 Å². The number of nitrogens with zero attached hydrogens (tertiary/aromatic N) is 2. The van der Waals surface area contributed by atoms with E-state index in [9.17, 15) is 9.59 Å². The second kappa shape index (κ2) is 7.37. The maximum absolute atomic E-state index is 12.3. The summed E-state index contributed by atoms with van der Waals surface area (Å²) in [5.74, 6) is -1.23. The number of hydrogen-bond donors (Lipinski definition) is 1. The van der Waals surface area contributed by atoms with E-state index in [1.165, 1.54) is 16.2 Å². The summed E-state index contributed by atoms with van der Waals surface area (Å²) in [5.41, 5.74) is 2.86. The fourth-order valence-corrected chi connectivity index (χ4v) is 3.08. The van der Waals surface area contributed by atoms with Gasteiger partial charge in [-0.25, -0.2) is 4.98 Å². The molecule has 0 radical (unpaired) electrons. The molecule has 2 aromatic rings. The molecule has 0 saturated heterocycles. The molecule has 0 fully saturated rings. The summed E-state index contributed by atoms with van der Waals surface area (Å²) in [7, 11) is 0. The van der Waals surface area contributed by atoms with Crippen LogP contribution < -0.4 is 0 Å². The Balaban J connectivity index is 2.11. The van der Waals surface area contributed by atoms with Crippen LogP contribution in [0.3, 0.4) is 0 Å². The normalized spacial score (nSPS) is 10.8. The van der Waals surface area contributed by atoms with Crippen molar-refractivity contribution in [2.75, 3.05) is 6.54 Å². The number of carbonyl (C=O) groups excluding carboxylic acids is 1. The number of hydrogen-bond acceptors (Lipinski definition) is 4. The Bertz CT molecular complexity index is 709. The number of thiazole rings is 1. The van der Waals surface area contributed by atoms with Gasteiger partial charge in [0.25, 0.3) is 0 Å². The third-order valence-electron chi connectivity index (χ3n) is 3.40. The Morgan fingerprint density at radius 3 is 2.70 bits per heavy atom. The first-order valence-electron chi connectivity index (χ1n) is 7.39. The summed E-state index contributed by atoms with van der Waals surface area (Å²) in [4.78, 5) is 29.1. The summed E-state index contributed by atoms with van der Waals surface area (Å²) in [6, 6.07) is 7.88. The molecule has 1 aromatic heterocycles. The summed E-state index contributed by atoms with van der Waals surface area (Å²) in [5, 5.41) is 11.6. The number of carbonyl (C=O) groups is 2. The van der Waals surface area contributed by atoms with Gasteiger partial charge in [0, 0.05) is 17.0 Å². The van der Waals surface area contributed by atoms with Gasteiger partial charge in [0.1, 0.15) is 11.6 Å². The van der Waals surface area contributed by atoms with Crippen LogP contribution in [0.1, 0.15) is 25.1 Å². The van der Waals surface area contributed by atoms with Gasteiger partial charge in [-0.15, -0.1) is 11.3 Å². The van der Waals surface area contributed by atoms with Crippen molar-refractivity contribution in [3.05, 3.63) is 40.9 Å². The molecule has 0 aliphatic carbocycles. The van der Waals surface area contributed by atoms with Gasteiger partial charge in [-0.05, 0) is 26.8 Å². The predicted molar refractivity (Wildman–Crippen MR) is 90.5 cm³/mol. The van der Waals surface area contributed by atoms with Gasteiger partial charge < -0.3 is 10.0 Å².